The Kier molecular flexibility index (Phi) is 19.8. The van der Waals surface area contributed by atoms with Crippen molar-refractivity contribution < 1.29 is 0 Å². The Balaban J connectivity index is 2.90. The van der Waals surface area contributed by atoms with Crippen LogP contribution >= 0.6 is 0 Å². The molecule has 0 atom stereocenters. The Morgan fingerprint density at radius 3 is 1.33 bits per heavy atom. The van der Waals surface area contributed by atoms with Crippen LogP contribution in [-0.2, 0) is 0 Å². The lowest BCUT2D eigenvalue weighted by Gasteiger charge is -2.05. The van der Waals surface area contributed by atoms with Gasteiger partial charge < -0.3 is 16.4 Å². The van der Waals surface area contributed by atoms with Crippen LogP contribution in [0.15, 0.2) is 0 Å². The summed E-state index contributed by atoms with van der Waals surface area (Å²) in [6.45, 7) is 7.76. The molecule has 0 unspecified atom stereocenters. The van der Waals surface area contributed by atoms with E-state index in [9.17, 15) is 0 Å². The second-order valence-electron chi connectivity index (χ2n) is 6.13. The summed E-state index contributed by atoms with van der Waals surface area (Å²) in [5, 5.41) is 6.95. The highest BCUT2D eigenvalue weighted by molar-refractivity contribution is 4.52. The van der Waals surface area contributed by atoms with Gasteiger partial charge in [-0.3, -0.25) is 0 Å². The standard InChI is InChI=1S/C18H41N3/c1-2-20-16-12-8-4-3-5-9-13-17-21-18-14-10-6-7-11-15-19/h20-21H,2-19H2,1H3. The maximum Gasteiger partial charge on any atom is -0.00489 e. The normalized spacial score (nSPS) is 11.1. The van der Waals surface area contributed by atoms with E-state index < -0.39 is 0 Å². The number of rotatable bonds is 18. The lowest BCUT2D eigenvalue weighted by Crippen LogP contribution is -2.16. The van der Waals surface area contributed by atoms with Gasteiger partial charge >= 0.3 is 0 Å². The van der Waals surface area contributed by atoms with Crippen molar-refractivity contribution in [3.63, 3.8) is 0 Å². The van der Waals surface area contributed by atoms with Crippen LogP contribution in [0.5, 0.6) is 0 Å². The molecule has 0 aliphatic rings. The van der Waals surface area contributed by atoms with E-state index in [4.69, 9.17) is 5.73 Å². The molecule has 0 fully saturated rings. The van der Waals surface area contributed by atoms with Crippen LogP contribution < -0.4 is 16.4 Å². The highest BCUT2D eigenvalue weighted by Gasteiger charge is 1.93. The minimum atomic E-state index is 0.855. The van der Waals surface area contributed by atoms with Crippen LogP contribution in [-0.4, -0.2) is 32.7 Å². The molecule has 0 rings (SSSR count). The first kappa shape index (κ1) is 20.9. The fourth-order valence-electron chi connectivity index (χ4n) is 2.61. The Labute approximate surface area is 133 Å². The highest BCUT2D eigenvalue weighted by atomic mass is 14.8. The SMILES string of the molecule is CCNCCCCCCCCCNCCCCCCCN. The molecule has 4 N–H and O–H groups in total. The zero-order valence-corrected chi connectivity index (χ0v) is 14.6. The second kappa shape index (κ2) is 19.9. The number of unbranched alkanes of at least 4 members (excludes halogenated alkanes) is 10. The quantitative estimate of drug-likeness (QED) is 0.337. The Morgan fingerprint density at radius 1 is 0.524 bits per heavy atom. The lowest BCUT2D eigenvalue weighted by molar-refractivity contribution is 0.535. The largest absolute Gasteiger partial charge is 0.330 e. The zero-order chi connectivity index (χ0) is 15.4. The topological polar surface area (TPSA) is 50.1 Å². The van der Waals surface area contributed by atoms with Crippen molar-refractivity contribution in [1.82, 2.24) is 10.6 Å². The van der Waals surface area contributed by atoms with Crippen molar-refractivity contribution in [2.45, 2.75) is 84.0 Å². The highest BCUT2D eigenvalue weighted by Crippen LogP contribution is 2.06. The van der Waals surface area contributed by atoms with E-state index in [-0.39, 0.29) is 0 Å². The predicted molar refractivity (Wildman–Crippen MR) is 95.9 cm³/mol. The molecular formula is C18H41N3. The average Bonchev–Trinajstić information content (AvgIpc) is 2.50. The van der Waals surface area contributed by atoms with E-state index in [2.05, 4.69) is 17.6 Å². The maximum atomic E-state index is 5.48. The van der Waals surface area contributed by atoms with Crippen LogP contribution in [0.3, 0.4) is 0 Å². The first-order valence-corrected chi connectivity index (χ1v) is 9.53. The fraction of sp³-hybridized carbons (Fsp3) is 1.00. The summed E-state index contributed by atoms with van der Waals surface area (Å²) in [4.78, 5) is 0. The average molecular weight is 300 g/mol. The molecule has 0 saturated carbocycles. The van der Waals surface area contributed by atoms with Crippen molar-refractivity contribution in [3.05, 3.63) is 0 Å². The summed E-state index contributed by atoms with van der Waals surface area (Å²) < 4.78 is 0. The van der Waals surface area contributed by atoms with E-state index in [1.54, 1.807) is 0 Å². The molecule has 0 spiro atoms. The first-order chi connectivity index (χ1) is 10.4. The molecule has 0 saturated heterocycles. The van der Waals surface area contributed by atoms with Gasteiger partial charge in [-0.15, -0.1) is 0 Å². The van der Waals surface area contributed by atoms with E-state index in [0.29, 0.717) is 0 Å². The third kappa shape index (κ3) is 19.9. The number of hydrogen-bond acceptors (Lipinski definition) is 3. The predicted octanol–water partition coefficient (Wildman–Crippen LogP) is 3.83. The Bertz CT molecular complexity index is 156. The molecule has 21 heavy (non-hydrogen) atoms. The number of hydrogen-bond donors (Lipinski definition) is 3. The smallest absolute Gasteiger partial charge is 0.00489 e. The molecule has 0 radical (unpaired) electrons. The molecule has 3 heteroatoms. The Hall–Kier alpha value is -0.120. The van der Waals surface area contributed by atoms with E-state index in [1.807, 2.05) is 0 Å². The van der Waals surface area contributed by atoms with Gasteiger partial charge in [-0.05, 0) is 58.4 Å². The van der Waals surface area contributed by atoms with Gasteiger partial charge in [0.15, 0.2) is 0 Å². The summed E-state index contributed by atoms with van der Waals surface area (Å²) in [5.74, 6) is 0. The van der Waals surface area contributed by atoms with Crippen LogP contribution in [0.1, 0.15) is 84.0 Å². The van der Waals surface area contributed by atoms with E-state index in [1.165, 1.54) is 96.7 Å². The monoisotopic (exact) mass is 299 g/mol. The van der Waals surface area contributed by atoms with Gasteiger partial charge in [-0.1, -0.05) is 58.3 Å². The lowest BCUT2D eigenvalue weighted by atomic mass is 10.1. The van der Waals surface area contributed by atoms with Gasteiger partial charge in [0.1, 0.15) is 0 Å². The van der Waals surface area contributed by atoms with Gasteiger partial charge in [0, 0.05) is 0 Å². The molecular weight excluding hydrogens is 258 g/mol. The van der Waals surface area contributed by atoms with Gasteiger partial charge in [-0.25, -0.2) is 0 Å². The first-order valence-electron chi connectivity index (χ1n) is 9.53. The number of nitrogens with one attached hydrogen (secondary N) is 2. The molecule has 3 nitrogen and oxygen atoms in total. The van der Waals surface area contributed by atoms with E-state index in [0.717, 1.165) is 13.1 Å². The summed E-state index contributed by atoms with van der Waals surface area (Å²) in [6, 6.07) is 0. The van der Waals surface area contributed by atoms with E-state index >= 15 is 0 Å². The third-order valence-electron chi connectivity index (χ3n) is 4.01. The van der Waals surface area contributed by atoms with Crippen molar-refractivity contribution in [3.8, 4) is 0 Å². The molecule has 128 valence electrons. The molecule has 0 heterocycles. The maximum absolute atomic E-state index is 5.48. The van der Waals surface area contributed by atoms with Crippen LogP contribution in [0.2, 0.25) is 0 Å². The van der Waals surface area contributed by atoms with Crippen molar-refractivity contribution in [1.29, 1.82) is 0 Å². The number of nitrogens with two attached hydrogens (primary N) is 1. The van der Waals surface area contributed by atoms with Crippen LogP contribution in [0.4, 0.5) is 0 Å². The van der Waals surface area contributed by atoms with Gasteiger partial charge in [0.25, 0.3) is 0 Å². The molecule has 0 aromatic carbocycles. The molecule has 0 aromatic rings. The van der Waals surface area contributed by atoms with Crippen molar-refractivity contribution in [2.75, 3.05) is 32.7 Å². The molecule has 0 aliphatic heterocycles. The van der Waals surface area contributed by atoms with Gasteiger partial charge in [0.2, 0.25) is 0 Å². The van der Waals surface area contributed by atoms with Gasteiger partial charge in [0.05, 0.1) is 0 Å². The zero-order valence-electron chi connectivity index (χ0n) is 14.6. The summed E-state index contributed by atoms with van der Waals surface area (Å²) >= 11 is 0. The molecule has 0 aromatic heterocycles. The van der Waals surface area contributed by atoms with Crippen LogP contribution in [0.25, 0.3) is 0 Å². The molecule has 0 aliphatic carbocycles. The van der Waals surface area contributed by atoms with Crippen molar-refractivity contribution in [2.24, 2.45) is 5.73 Å². The van der Waals surface area contributed by atoms with Crippen molar-refractivity contribution >= 4 is 0 Å². The Morgan fingerprint density at radius 2 is 0.905 bits per heavy atom. The minimum Gasteiger partial charge on any atom is -0.330 e. The third-order valence-corrected chi connectivity index (χ3v) is 4.01. The summed E-state index contributed by atoms with van der Waals surface area (Å²) in [6.07, 6.45) is 16.3. The van der Waals surface area contributed by atoms with Crippen LogP contribution in [0, 0.1) is 0 Å². The fourth-order valence-corrected chi connectivity index (χ4v) is 2.61. The molecule has 0 bridgehead atoms. The molecule has 0 amide bonds. The summed E-state index contributed by atoms with van der Waals surface area (Å²) in [5.41, 5.74) is 5.48. The summed E-state index contributed by atoms with van der Waals surface area (Å²) in [7, 11) is 0. The minimum absolute atomic E-state index is 0.855. The second-order valence-corrected chi connectivity index (χ2v) is 6.13. The van der Waals surface area contributed by atoms with Gasteiger partial charge in [-0.2, -0.15) is 0 Å².